The van der Waals surface area contributed by atoms with Crippen molar-refractivity contribution in [3.63, 3.8) is 0 Å². The first kappa shape index (κ1) is 14.6. The van der Waals surface area contributed by atoms with Gasteiger partial charge in [-0.15, -0.1) is 0 Å². The van der Waals surface area contributed by atoms with Crippen LogP contribution in [0, 0.1) is 5.92 Å². The van der Waals surface area contributed by atoms with Crippen LogP contribution in [-0.2, 0) is 11.8 Å². The van der Waals surface area contributed by atoms with Crippen LogP contribution in [0.25, 0.3) is 0 Å². The van der Waals surface area contributed by atoms with Crippen LogP contribution in [-0.4, -0.2) is 5.54 Å². The number of hydrogen-bond donors (Lipinski definition) is 1. The molecule has 106 valence electrons. The smallest absolute Gasteiger partial charge is 0.0197 e. The summed E-state index contributed by atoms with van der Waals surface area (Å²) < 4.78 is 0. The van der Waals surface area contributed by atoms with Crippen molar-refractivity contribution in [2.75, 3.05) is 0 Å². The second kappa shape index (κ2) is 5.28. The summed E-state index contributed by atoms with van der Waals surface area (Å²) in [6, 6.07) is 9.08. The summed E-state index contributed by atoms with van der Waals surface area (Å²) in [6.07, 6.45) is 6.02. The lowest BCUT2D eigenvalue weighted by molar-refractivity contribution is 0.235. The third kappa shape index (κ3) is 3.82. The average Bonchev–Trinajstić information content (AvgIpc) is 2.27. The zero-order valence-electron chi connectivity index (χ0n) is 13.0. The normalized spacial score (nSPS) is 28.4. The minimum Gasteiger partial charge on any atom is -0.325 e. The van der Waals surface area contributed by atoms with Gasteiger partial charge in [0, 0.05) is 5.54 Å². The molecule has 1 nitrogen and oxygen atoms in total. The third-order valence-corrected chi connectivity index (χ3v) is 4.50. The van der Waals surface area contributed by atoms with Crippen molar-refractivity contribution < 1.29 is 0 Å². The zero-order valence-corrected chi connectivity index (χ0v) is 13.0. The molecule has 1 heteroatoms. The highest BCUT2D eigenvalue weighted by atomic mass is 14.7. The summed E-state index contributed by atoms with van der Waals surface area (Å²) in [5, 5.41) is 0. The van der Waals surface area contributed by atoms with E-state index in [1.54, 1.807) is 0 Å². The predicted octanol–water partition coefficient (Wildman–Crippen LogP) is 4.43. The van der Waals surface area contributed by atoms with E-state index in [2.05, 4.69) is 52.0 Å². The Balaban J connectivity index is 2.07. The molecule has 2 unspecified atom stereocenters. The molecular weight excluding hydrogens is 230 g/mol. The maximum atomic E-state index is 6.61. The van der Waals surface area contributed by atoms with Crippen molar-refractivity contribution in [3.05, 3.63) is 35.4 Å². The van der Waals surface area contributed by atoms with Crippen molar-refractivity contribution in [2.45, 2.75) is 70.8 Å². The van der Waals surface area contributed by atoms with Gasteiger partial charge < -0.3 is 5.73 Å². The number of rotatable bonds is 2. The van der Waals surface area contributed by atoms with E-state index in [1.165, 1.54) is 36.8 Å². The van der Waals surface area contributed by atoms with Gasteiger partial charge in [-0.05, 0) is 41.7 Å². The molecule has 2 N–H and O–H groups in total. The molecule has 1 aliphatic rings. The van der Waals surface area contributed by atoms with Crippen LogP contribution in [0.1, 0.15) is 64.5 Å². The number of nitrogens with two attached hydrogens (primary N) is 1. The lowest BCUT2D eigenvalue weighted by Crippen LogP contribution is -2.45. The van der Waals surface area contributed by atoms with Crippen molar-refractivity contribution in [3.8, 4) is 0 Å². The molecule has 1 aromatic rings. The van der Waals surface area contributed by atoms with Crippen molar-refractivity contribution in [1.29, 1.82) is 0 Å². The molecule has 0 radical (unpaired) electrons. The molecule has 0 saturated heterocycles. The van der Waals surface area contributed by atoms with Gasteiger partial charge in [-0.2, -0.15) is 0 Å². The molecule has 1 saturated carbocycles. The van der Waals surface area contributed by atoms with Crippen LogP contribution in [0.3, 0.4) is 0 Å². The van der Waals surface area contributed by atoms with Gasteiger partial charge in [0.25, 0.3) is 0 Å². The van der Waals surface area contributed by atoms with Gasteiger partial charge >= 0.3 is 0 Å². The minimum atomic E-state index is 0.0287. The molecular formula is C18H29N. The highest BCUT2D eigenvalue weighted by molar-refractivity contribution is 5.28. The van der Waals surface area contributed by atoms with E-state index < -0.39 is 0 Å². The minimum absolute atomic E-state index is 0.0287. The second-order valence-electron chi connectivity index (χ2n) is 7.69. The van der Waals surface area contributed by atoms with Crippen LogP contribution in [0.4, 0.5) is 0 Å². The standard InChI is InChI=1S/C18H29N/c1-14-6-5-11-18(19,12-14)13-15-7-9-16(10-8-15)17(2,3)4/h7-10,14H,5-6,11-13,19H2,1-4H3. The molecule has 2 atom stereocenters. The fraction of sp³-hybridized carbons (Fsp3) is 0.667. The van der Waals surface area contributed by atoms with Crippen molar-refractivity contribution in [1.82, 2.24) is 0 Å². The molecule has 0 spiro atoms. The first-order valence-electron chi connectivity index (χ1n) is 7.67. The van der Waals surface area contributed by atoms with Gasteiger partial charge in [-0.3, -0.25) is 0 Å². The lowest BCUT2D eigenvalue weighted by Gasteiger charge is -2.37. The SMILES string of the molecule is CC1CCCC(N)(Cc2ccc(C(C)(C)C)cc2)C1. The molecule has 0 heterocycles. The van der Waals surface area contributed by atoms with Gasteiger partial charge in [0.2, 0.25) is 0 Å². The monoisotopic (exact) mass is 259 g/mol. The van der Waals surface area contributed by atoms with E-state index in [0.29, 0.717) is 0 Å². The molecule has 1 aromatic carbocycles. The Bertz CT molecular complexity index is 412. The van der Waals surface area contributed by atoms with Crippen LogP contribution in [0.15, 0.2) is 24.3 Å². The topological polar surface area (TPSA) is 26.0 Å². The van der Waals surface area contributed by atoms with Crippen LogP contribution < -0.4 is 5.73 Å². The van der Waals surface area contributed by atoms with Crippen LogP contribution in [0.2, 0.25) is 0 Å². The molecule has 2 rings (SSSR count). The Kier molecular flexibility index (Phi) is 4.06. The molecule has 0 amide bonds. The average molecular weight is 259 g/mol. The van der Waals surface area contributed by atoms with Gasteiger partial charge in [0.05, 0.1) is 0 Å². The maximum Gasteiger partial charge on any atom is 0.0197 e. The van der Waals surface area contributed by atoms with E-state index in [1.807, 2.05) is 0 Å². The Morgan fingerprint density at radius 1 is 1.21 bits per heavy atom. The summed E-state index contributed by atoms with van der Waals surface area (Å²) in [7, 11) is 0. The molecule has 0 aliphatic heterocycles. The van der Waals surface area contributed by atoms with Gasteiger partial charge in [-0.25, -0.2) is 0 Å². The molecule has 19 heavy (non-hydrogen) atoms. The number of hydrogen-bond acceptors (Lipinski definition) is 1. The Hall–Kier alpha value is -0.820. The third-order valence-electron chi connectivity index (χ3n) is 4.50. The van der Waals surface area contributed by atoms with E-state index in [9.17, 15) is 0 Å². The van der Waals surface area contributed by atoms with Gasteiger partial charge in [0.15, 0.2) is 0 Å². The molecule has 1 fully saturated rings. The maximum absolute atomic E-state index is 6.61. The highest BCUT2D eigenvalue weighted by Gasteiger charge is 2.31. The summed E-state index contributed by atoms with van der Waals surface area (Å²) >= 11 is 0. The molecule has 1 aliphatic carbocycles. The first-order valence-corrected chi connectivity index (χ1v) is 7.67. The largest absolute Gasteiger partial charge is 0.325 e. The van der Waals surface area contributed by atoms with Crippen LogP contribution >= 0.6 is 0 Å². The Morgan fingerprint density at radius 3 is 2.37 bits per heavy atom. The summed E-state index contributed by atoms with van der Waals surface area (Å²) in [5.74, 6) is 0.785. The Morgan fingerprint density at radius 2 is 1.84 bits per heavy atom. The van der Waals surface area contributed by atoms with E-state index in [0.717, 1.165) is 12.3 Å². The quantitative estimate of drug-likeness (QED) is 0.835. The van der Waals surface area contributed by atoms with Gasteiger partial charge in [0.1, 0.15) is 0 Å². The van der Waals surface area contributed by atoms with Crippen molar-refractivity contribution in [2.24, 2.45) is 11.7 Å². The second-order valence-corrected chi connectivity index (χ2v) is 7.69. The fourth-order valence-corrected chi connectivity index (χ4v) is 3.39. The van der Waals surface area contributed by atoms with Crippen molar-refractivity contribution >= 4 is 0 Å². The first-order chi connectivity index (χ1) is 8.78. The lowest BCUT2D eigenvalue weighted by atomic mass is 9.74. The fourth-order valence-electron chi connectivity index (χ4n) is 3.39. The zero-order chi connectivity index (χ0) is 14.1. The van der Waals surface area contributed by atoms with E-state index in [-0.39, 0.29) is 11.0 Å². The summed E-state index contributed by atoms with van der Waals surface area (Å²) in [6.45, 7) is 9.11. The van der Waals surface area contributed by atoms with E-state index >= 15 is 0 Å². The highest BCUT2D eigenvalue weighted by Crippen LogP contribution is 2.33. The Labute approximate surface area is 118 Å². The van der Waals surface area contributed by atoms with Crippen LogP contribution in [0.5, 0.6) is 0 Å². The van der Waals surface area contributed by atoms with E-state index in [4.69, 9.17) is 5.73 Å². The number of benzene rings is 1. The summed E-state index contributed by atoms with van der Waals surface area (Å²) in [4.78, 5) is 0. The predicted molar refractivity (Wildman–Crippen MR) is 83.4 cm³/mol. The molecule has 0 bridgehead atoms. The van der Waals surface area contributed by atoms with Gasteiger partial charge in [-0.1, -0.05) is 64.8 Å². The molecule has 0 aromatic heterocycles. The summed E-state index contributed by atoms with van der Waals surface area (Å²) in [5.41, 5.74) is 9.66.